The zero-order valence-electron chi connectivity index (χ0n) is 16.4. The van der Waals surface area contributed by atoms with Crippen molar-refractivity contribution >= 4 is 31.9 Å². The summed E-state index contributed by atoms with van der Waals surface area (Å²) in [6, 6.07) is 14.8. The van der Waals surface area contributed by atoms with Gasteiger partial charge in [-0.1, -0.05) is 44.7 Å². The summed E-state index contributed by atoms with van der Waals surface area (Å²) in [6.45, 7) is 2.70. The molecule has 1 aliphatic carbocycles. The van der Waals surface area contributed by atoms with E-state index in [0.29, 0.717) is 6.61 Å². The van der Waals surface area contributed by atoms with Gasteiger partial charge in [0.05, 0.1) is 3.39 Å². The van der Waals surface area contributed by atoms with Crippen LogP contribution in [0.15, 0.2) is 51.9 Å². The maximum absolute atomic E-state index is 6.12. The van der Waals surface area contributed by atoms with Gasteiger partial charge in [0.15, 0.2) is 0 Å². The first kappa shape index (κ1) is 21.4. The molecule has 2 nitrogen and oxygen atoms in total. The van der Waals surface area contributed by atoms with Gasteiger partial charge in [-0.05, 0) is 105 Å². The van der Waals surface area contributed by atoms with Crippen LogP contribution in [0.3, 0.4) is 0 Å². The minimum atomic E-state index is 0.519. The summed E-state index contributed by atoms with van der Waals surface area (Å²) < 4.78 is 12.9. The highest BCUT2D eigenvalue weighted by atomic mass is 79.9. The van der Waals surface area contributed by atoms with Crippen molar-refractivity contribution in [2.45, 2.75) is 57.8 Å². The summed E-state index contributed by atoms with van der Waals surface area (Å²) in [5, 5.41) is 0. The van der Waals surface area contributed by atoms with Crippen LogP contribution in [0.2, 0.25) is 0 Å². The molecule has 3 rings (SSSR count). The third-order valence-corrected chi connectivity index (χ3v) is 5.87. The standard InChI is InChI=1S/C24H28Br2O2/c1-2-6-20-17-22(13-14-23(20)27-16-15-24(25)26)28-21-11-9-19(10-12-21)18-7-4-3-5-8-18/h9-15,17-18H,2-8,16H2,1H3. The Bertz CT molecular complexity index is 774. The highest BCUT2D eigenvalue weighted by Gasteiger charge is 2.15. The molecule has 150 valence electrons. The molecule has 1 saturated carbocycles. The zero-order chi connectivity index (χ0) is 19.8. The second-order valence-electron chi connectivity index (χ2n) is 7.33. The minimum absolute atomic E-state index is 0.519. The van der Waals surface area contributed by atoms with Crippen LogP contribution in [0.25, 0.3) is 0 Å². The predicted octanol–water partition coefficient (Wildman–Crippen LogP) is 8.49. The van der Waals surface area contributed by atoms with Gasteiger partial charge in [-0.25, -0.2) is 0 Å². The lowest BCUT2D eigenvalue weighted by Gasteiger charge is -2.22. The fraction of sp³-hybridized carbons (Fsp3) is 0.417. The van der Waals surface area contributed by atoms with Crippen LogP contribution in [-0.4, -0.2) is 6.61 Å². The fourth-order valence-electron chi connectivity index (χ4n) is 3.80. The molecule has 0 spiro atoms. The van der Waals surface area contributed by atoms with Crippen molar-refractivity contribution in [1.82, 2.24) is 0 Å². The number of rotatable bonds is 8. The summed E-state index contributed by atoms with van der Waals surface area (Å²) in [5.74, 6) is 3.39. The number of hydrogen-bond donors (Lipinski definition) is 0. The Hall–Kier alpha value is -1.26. The molecule has 0 N–H and O–H groups in total. The van der Waals surface area contributed by atoms with Gasteiger partial charge in [-0.2, -0.15) is 0 Å². The average Bonchev–Trinajstić information content (AvgIpc) is 2.71. The molecule has 0 amide bonds. The zero-order valence-corrected chi connectivity index (χ0v) is 19.6. The fourth-order valence-corrected chi connectivity index (χ4v) is 4.06. The van der Waals surface area contributed by atoms with Crippen molar-refractivity contribution in [3.8, 4) is 17.2 Å². The Morgan fingerprint density at radius 3 is 2.39 bits per heavy atom. The highest BCUT2D eigenvalue weighted by Crippen LogP contribution is 2.34. The molecule has 0 bridgehead atoms. The van der Waals surface area contributed by atoms with Gasteiger partial charge in [-0.15, -0.1) is 0 Å². The lowest BCUT2D eigenvalue weighted by atomic mass is 9.84. The van der Waals surface area contributed by atoms with E-state index in [0.717, 1.165) is 39.4 Å². The summed E-state index contributed by atoms with van der Waals surface area (Å²) in [6.07, 6.45) is 10.7. The Kier molecular flexibility index (Phi) is 8.47. The second kappa shape index (κ2) is 11.1. The molecule has 0 heterocycles. The van der Waals surface area contributed by atoms with E-state index in [2.05, 4.69) is 69.1 Å². The predicted molar refractivity (Wildman–Crippen MR) is 124 cm³/mol. The number of hydrogen-bond acceptors (Lipinski definition) is 2. The molecule has 0 atom stereocenters. The van der Waals surface area contributed by atoms with Gasteiger partial charge in [0.2, 0.25) is 0 Å². The molecule has 1 aliphatic rings. The maximum Gasteiger partial charge on any atom is 0.127 e. The lowest BCUT2D eigenvalue weighted by molar-refractivity contribution is 0.357. The Morgan fingerprint density at radius 1 is 1.00 bits per heavy atom. The molecule has 0 saturated heterocycles. The van der Waals surface area contributed by atoms with Crippen LogP contribution >= 0.6 is 31.9 Å². The lowest BCUT2D eigenvalue weighted by Crippen LogP contribution is -2.04. The van der Waals surface area contributed by atoms with E-state index in [-0.39, 0.29) is 0 Å². The van der Waals surface area contributed by atoms with Gasteiger partial charge in [-0.3, -0.25) is 0 Å². The van der Waals surface area contributed by atoms with Gasteiger partial charge < -0.3 is 9.47 Å². The van der Waals surface area contributed by atoms with E-state index in [1.54, 1.807) is 0 Å². The van der Waals surface area contributed by atoms with Crippen molar-refractivity contribution in [2.24, 2.45) is 0 Å². The Labute approximate surface area is 185 Å². The van der Waals surface area contributed by atoms with Crippen LogP contribution < -0.4 is 9.47 Å². The molecule has 0 unspecified atom stereocenters. The maximum atomic E-state index is 6.12. The van der Waals surface area contributed by atoms with Crippen LogP contribution in [0.1, 0.15) is 62.5 Å². The monoisotopic (exact) mass is 506 g/mol. The Morgan fingerprint density at radius 2 is 1.71 bits per heavy atom. The first-order chi connectivity index (χ1) is 13.7. The first-order valence-corrected chi connectivity index (χ1v) is 11.8. The normalized spacial score (nSPS) is 14.5. The number of halogens is 2. The van der Waals surface area contributed by atoms with Crippen molar-refractivity contribution in [3.05, 3.63) is 63.1 Å². The van der Waals surface area contributed by atoms with E-state index >= 15 is 0 Å². The van der Waals surface area contributed by atoms with Gasteiger partial charge >= 0.3 is 0 Å². The number of ether oxygens (including phenoxy) is 2. The van der Waals surface area contributed by atoms with Gasteiger partial charge in [0.1, 0.15) is 23.9 Å². The third-order valence-electron chi connectivity index (χ3n) is 5.22. The largest absolute Gasteiger partial charge is 0.489 e. The van der Waals surface area contributed by atoms with Crippen LogP contribution in [0, 0.1) is 0 Å². The molecule has 0 radical (unpaired) electrons. The molecule has 4 heteroatoms. The third kappa shape index (κ3) is 6.38. The van der Waals surface area contributed by atoms with E-state index < -0.39 is 0 Å². The SMILES string of the molecule is CCCc1cc(Oc2ccc(C3CCCCC3)cc2)ccc1OCC=C(Br)Br. The molecule has 0 aromatic heterocycles. The van der Waals surface area contributed by atoms with Gasteiger partial charge in [0.25, 0.3) is 0 Å². The molecule has 2 aromatic carbocycles. The topological polar surface area (TPSA) is 18.5 Å². The van der Waals surface area contributed by atoms with Gasteiger partial charge in [0, 0.05) is 0 Å². The van der Waals surface area contributed by atoms with E-state index in [9.17, 15) is 0 Å². The quantitative estimate of drug-likeness (QED) is 0.356. The van der Waals surface area contributed by atoms with Crippen molar-refractivity contribution in [1.29, 1.82) is 0 Å². The molecular formula is C24H28Br2O2. The molecule has 0 aliphatic heterocycles. The van der Waals surface area contributed by atoms with E-state index in [1.807, 2.05) is 18.2 Å². The van der Waals surface area contributed by atoms with Crippen molar-refractivity contribution < 1.29 is 9.47 Å². The first-order valence-electron chi connectivity index (χ1n) is 10.2. The summed E-state index contributed by atoms with van der Waals surface area (Å²) in [5.41, 5.74) is 2.63. The minimum Gasteiger partial charge on any atom is -0.489 e. The number of benzene rings is 2. The molecular weight excluding hydrogens is 480 g/mol. The van der Waals surface area contributed by atoms with Crippen molar-refractivity contribution in [3.63, 3.8) is 0 Å². The average molecular weight is 508 g/mol. The van der Waals surface area contributed by atoms with Crippen LogP contribution in [0.5, 0.6) is 17.2 Å². The van der Waals surface area contributed by atoms with Crippen LogP contribution in [-0.2, 0) is 6.42 Å². The second-order valence-corrected chi connectivity index (χ2v) is 10.1. The number of aryl methyl sites for hydroxylation is 1. The van der Waals surface area contributed by atoms with E-state index in [1.165, 1.54) is 43.2 Å². The Balaban J connectivity index is 1.67. The smallest absolute Gasteiger partial charge is 0.127 e. The van der Waals surface area contributed by atoms with E-state index in [4.69, 9.17) is 9.47 Å². The summed E-state index contributed by atoms with van der Waals surface area (Å²) in [4.78, 5) is 0. The molecule has 1 fully saturated rings. The summed E-state index contributed by atoms with van der Waals surface area (Å²) in [7, 11) is 0. The highest BCUT2D eigenvalue weighted by molar-refractivity contribution is 9.28. The summed E-state index contributed by atoms with van der Waals surface area (Å²) >= 11 is 6.71. The molecule has 28 heavy (non-hydrogen) atoms. The van der Waals surface area contributed by atoms with Crippen molar-refractivity contribution in [2.75, 3.05) is 6.61 Å². The van der Waals surface area contributed by atoms with Crippen LogP contribution in [0.4, 0.5) is 0 Å². The molecule has 2 aromatic rings.